The maximum absolute atomic E-state index is 3.56. The molecule has 0 aromatic carbocycles. The van der Waals surface area contributed by atoms with Crippen molar-refractivity contribution in [3.8, 4) is 0 Å². The Morgan fingerprint density at radius 1 is 1.19 bits per heavy atom. The van der Waals surface area contributed by atoms with Gasteiger partial charge in [0.15, 0.2) is 0 Å². The third-order valence-corrected chi connectivity index (χ3v) is 4.68. The van der Waals surface area contributed by atoms with Crippen LogP contribution in [0.4, 0.5) is 0 Å². The van der Waals surface area contributed by atoms with Gasteiger partial charge in [-0.15, -0.1) is 0 Å². The molecule has 2 aliphatic rings. The first-order valence-corrected chi connectivity index (χ1v) is 7.11. The van der Waals surface area contributed by atoms with E-state index >= 15 is 0 Å². The monoisotopic (exact) mass is 224 g/mol. The van der Waals surface area contributed by atoms with Gasteiger partial charge in [0.2, 0.25) is 0 Å². The molecule has 2 fully saturated rings. The lowest BCUT2D eigenvalue weighted by molar-refractivity contribution is -0.00590. The van der Waals surface area contributed by atoms with Crippen LogP contribution in [0.5, 0.6) is 0 Å². The first-order valence-electron chi connectivity index (χ1n) is 7.11. The quantitative estimate of drug-likeness (QED) is 0.776. The van der Waals surface area contributed by atoms with Crippen molar-refractivity contribution in [3.05, 3.63) is 0 Å². The van der Waals surface area contributed by atoms with Crippen molar-refractivity contribution in [2.45, 2.75) is 64.5 Å². The summed E-state index contributed by atoms with van der Waals surface area (Å²) in [5.41, 5.74) is 0.495. The normalized spacial score (nSPS) is 31.9. The third kappa shape index (κ3) is 2.43. The minimum Gasteiger partial charge on any atom is -0.314 e. The Hall–Kier alpha value is -0.0800. The minimum absolute atomic E-state index is 0.495. The summed E-state index contributed by atoms with van der Waals surface area (Å²) in [5, 5.41) is 3.56. The molecule has 0 radical (unpaired) electrons. The first-order chi connectivity index (χ1) is 7.63. The SMILES string of the molecule is CC(C)C1CNCCN1C1(C)CCCCC1. The van der Waals surface area contributed by atoms with Crippen LogP contribution in [-0.4, -0.2) is 36.1 Å². The highest BCUT2D eigenvalue weighted by atomic mass is 15.3. The van der Waals surface area contributed by atoms with Crippen molar-refractivity contribution < 1.29 is 0 Å². The second-order valence-electron chi connectivity index (χ2n) is 6.27. The molecule has 16 heavy (non-hydrogen) atoms. The fourth-order valence-electron chi connectivity index (χ4n) is 3.59. The van der Waals surface area contributed by atoms with Gasteiger partial charge in [-0.1, -0.05) is 33.1 Å². The summed E-state index contributed by atoms with van der Waals surface area (Å²) in [6, 6.07) is 0.747. The molecule has 0 amide bonds. The molecule has 1 saturated heterocycles. The van der Waals surface area contributed by atoms with Gasteiger partial charge in [0.1, 0.15) is 0 Å². The van der Waals surface area contributed by atoms with Crippen molar-refractivity contribution in [2.24, 2.45) is 5.92 Å². The van der Waals surface area contributed by atoms with Gasteiger partial charge in [0.25, 0.3) is 0 Å². The van der Waals surface area contributed by atoms with Gasteiger partial charge in [-0.05, 0) is 25.7 Å². The van der Waals surface area contributed by atoms with Gasteiger partial charge in [-0.25, -0.2) is 0 Å². The molecule has 1 aliphatic heterocycles. The number of hydrogen-bond acceptors (Lipinski definition) is 2. The number of nitrogens with one attached hydrogen (secondary N) is 1. The molecule has 2 rings (SSSR count). The molecule has 94 valence electrons. The van der Waals surface area contributed by atoms with Crippen LogP contribution in [0.2, 0.25) is 0 Å². The summed E-state index contributed by atoms with van der Waals surface area (Å²) in [4.78, 5) is 2.83. The van der Waals surface area contributed by atoms with Crippen molar-refractivity contribution in [1.82, 2.24) is 10.2 Å². The highest BCUT2D eigenvalue weighted by Gasteiger charge is 2.39. The van der Waals surface area contributed by atoms with Gasteiger partial charge >= 0.3 is 0 Å². The molecule has 0 bridgehead atoms. The molecule has 2 nitrogen and oxygen atoms in total. The van der Waals surface area contributed by atoms with E-state index < -0.39 is 0 Å². The fourth-order valence-corrected chi connectivity index (χ4v) is 3.59. The van der Waals surface area contributed by atoms with Crippen LogP contribution in [-0.2, 0) is 0 Å². The van der Waals surface area contributed by atoms with Crippen molar-refractivity contribution in [3.63, 3.8) is 0 Å². The Balaban J connectivity index is 2.09. The zero-order valence-electron chi connectivity index (χ0n) is 11.3. The predicted octanol–water partition coefficient (Wildman–Crippen LogP) is 2.64. The topological polar surface area (TPSA) is 15.3 Å². The molecular weight excluding hydrogens is 196 g/mol. The van der Waals surface area contributed by atoms with Gasteiger partial charge < -0.3 is 5.32 Å². The molecule has 0 aromatic rings. The Morgan fingerprint density at radius 2 is 1.88 bits per heavy atom. The summed E-state index contributed by atoms with van der Waals surface area (Å²) in [7, 11) is 0. The van der Waals surface area contributed by atoms with Gasteiger partial charge in [0, 0.05) is 31.2 Å². The Morgan fingerprint density at radius 3 is 2.50 bits per heavy atom. The van der Waals surface area contributed by atoms with Crippen LogP contribution >= 0.6 is 0 Å². The minimum atomic E-state index is 0.495. The lowest BCUT2D eigenvalue weighted by Gasteiger charge is -2.51. The summed E-state index contributed by atoms with van der Waals surface area (Å²) in [6.07, 6.45) is 7.15. The van der Waals surface area contributed by atoms with E-state index in [4.69, 9.17) is 0 Å². The van der Waals surface area contributed by atoms with Gasteiger partial charge in [-0.2, -0.15) is 0 Å². The van der Waals surface area contributed by atoms with E-state index in [2.05, 4.69) is 31.0 Å². The molecule has 1 N–H and O–H groups in total. The lowest BCUT2D eigenvalue weighted by atomic mass is 9.79. The standard InChI is InChI=1S/C14H28N2/c1-12(2)13-11-15-9-10-16(13)14(3)7-5-4-6-8-14/h12-13,15H,4-11H2,1-3H3. The average Bonchev–Trinajstić information content (AvgIpc) is 2.30. The van der Waals surface area contributed by atoms with Crippen LogP contribution in [0.1, 0.15) is 52.9 Å². The lowest BCUT2D eigenvalue weighted by Crippen LogP contribution is -2.62. The van der Waals surface area contributed by atoms with Crippen LogP contribution in [0.3, 0.4) is 0 Å². The zero-order chi connectivity index (χ0) is 11.6. The van der Waals surface area contributed by atoms with E-state index in [1.165, 1.54) is 51.7 Å². The van der Waals surface area contributed by atoms with E-state index in [9.17, 15) is 0 Å². The van der Waals surface area contributed by atoms with Crippen molar-refractivity contribution in [2.75, 3.05) is 19.6 Å². The van der Waals surface area contributed by atoms with E-state index in [0.717, 1.165) is 12.0 Å². The van der Waals surface area contributed by atoms with Gasteiger partial charge in [-0.3, -0.25) is 4.90 Å². The highest BCUT2D eigenvalue weighted by Crippen LogP contribution is 2.36. The first kappa shape index (κ1) is 12.4. The molecule has 1 heterocycles. The maximum Gasteiger partial charge on any atom is 0.0249 e. The molecule has 0 aromatic heterocycles. The van der Waals surface area contributed by atoms with E-state index in [1.807, 2.05) is 0 Å². The summed E-state index contributed by atoms with van der Waals surface area (Å²) < 4.78 is 0. The molecule has 1 saturated carbocycles. The summed E-state index contributed by atoms with van der Waals surface area (Å²) in [5.74, 6) is 0.770. The molecule has 1 aliphatic carbocycles. The zero-order valence-corrected chi connectivity index (χ0v) is 11.3. The molecule has 0 spiro atoms. The highest BCUT2D eigenvalue weighted by molar-refractivity contribution is 4.96. The predicted molar refractivity (Wildman–Crippen MR) is 69.7 cm³/mol. The maximum atomic E-state index is 3.56. The van der Waals surface area contributed by atoms with Crippen LogP contribution in [0, 0.1) is 5.92 Å². The Kier molecular flexibility index (Phi) is 3.91. The number of nitrogens with zero attached hydrogens (tertiary/aromatic N) is 1. The van der Waals surface area contributed by atoms with Gasteiger partial charge in [0.05, 0.1) is 0 Å². The third-order valence-electron chi connectivity index (χ3n) is 4.68. The average molecular weight is 224 g/mol. The van der Waals surface area contributed by atoms with Crippen LogP contribution in [0.15, 0.2) is 0 Å². The molecule has 1 atom stereocenters. The number of piperazine rings is 1. The smallest absolute Gasteiger partial charge is 0.0249 e. The molecular formula is C14H28N2. The van der Waals surface area contributed by atoms with Crippen LogP contribution < -0.4 is 5.32 Å². The molecule has 2 heteroatoms. The van der Waals surface area contributed by atoms with Crippen molar-refractivity contribution in [1.29, 1.82) is 0 Å². The second-order valence-corrected chi connectivity index (χ2v) is 6.27. The second kappa shape index (κ2) is 5.05. The largest absolute Gasteiger partial charge is 0.314 e. The van der Waals surface area contributed by atoms with E-state index in [1.54, 1.807) is 0 Å². The van der Waals surface area contributed by atoms with Crippen molar-refractivity contribution >= 4 is 0 Å². The van der Waals surface area contributed by atoms with E-state index in [-0.39, 0.29) is 0 Å². The number of rotatable bonds is 2. The Bertz CT molecular complexity index is 219. The fraction of sp³-hybridized carbons (Fsp3) is 1.00. The summed E-state index contributed by atoms with van der Waals surface area (Å²) in [6.45, 7) is 10.9. The van der Waals surface area contributed by atoms with E-state index in [0.29, 0.717) is 5.54 Å². The number of hydrogen-bond donors (Lipinski definition) is 1. The molecule has 1 unspecified atom stereocenters. The Labute approximate surface area is 101 Å². The van der Waals surface area contributed by atoms with Crippen LogP contribution in [0.25, 0.3) is 0 Å². The summed E-state index contributed by atoms with van der Waals surface area (Å²) >= 11 is 0.